The summed E-state index contributed by atoms with van der Waals surface area (Å²) in [5, 5.41) is 2.80. The number of benzene rings is 1. The van der Waals surface area contributed by atoms with Crippen molar-refractivity contribution >= 4 is 29.1 Å². The van der Waals surface area contributed by atoms with Gasteiger partial charge in [0.1, 0.15) is 12.3 Å². The fourth-order valence-corrected chi connectivity index (χ4v) is 3.64. The lowest BCUT2D eigenvalue weighted by atomic mass is 10.1. The molecule has 7 nitrogen and oxygen atoms in total. The molecule has 0 aromatic heterocycles. The number of anilines is 2. The summed E-state index contributed by atoms with van der Waals surface area (Å²) in [6.45, 7) is 7.03. The second-order valence-corrected chi connectivity index (χ2v) is 7.77. The van der Waals surface area contributed by atoms with E-state index in [0.29, 0.717) is 23.5 Å². The van der Waals surface area contributed by atoms with Crippen LogP contribution in [-0.2, 0) is 14.4 Å². The molecule has 1 aromatic carbocycles. The molecule has 0 aliphatic carbocycles. The summed E-state index contributed by atoms with van der Waals surface area (Å²) in [6, 6.07) is 5.17. The van der Waals surface area contributed by atoms with Gasteiger partial charge in [0.15, 0.2) is 6.10 Å². The Hall–Kier alpha value is -2.83. The van der Waals surface area contributed by atoms with Gasteiger partial charge in [-0.15, -0.1) is 0 Å². The number of piperidine rings is 1. The van der Waals surface area contributed by atoms with Gasteiger partial charge >= 0.3 is 0 Å². The van der Waals surface area contributed by atoms with Gasteiger partial charge in [-0.2, -0.15) is 0 Å². The van der Waals surface area contributed by atoms with Crippen LogP contribution in [0.3, 0.4) is 0 Å². The number of nitrogens with zero attached hydrogens (tertiary/aromatic N) is 2. The predicted octanol–water partition coefficient (Wildman–Crippen LogP) is 3.11. The van der Waals surface area contributed by atoms with E-state index in [9.17, 15) is 14.4 Å². The van der Waals surface area contributed by atoms with Crippen molar-refractivity contribution in [1.29, 1.82) is 0 Å². The first kappa shape index (κ1) is 20.9. The minimum Gasteiger partial charge on any atom is -0.478 e. The van der Waals surface area contributed by atoms with Crippen LogP contribution in [0.4, 0.5) is 11.4 Å². The highest BCUT2D eigenvalue weighted by molar-refractivity contribution is 6.05. The van der Waals surface area contributed by atoms with E-state index >= 15 is 0 Å². The van der Waals surface area contributed by atoms with Crippen molar-refractivity contribution in [3.63, 3.8) is 0 Å². The van der Waals surface area contributed by atoms with Crippen molar-refractivity contribution in [3.8, 4) is 5.75 Å². The maximum Gasteiger partial charge on any atom is 0.268 e. The molecule has 1 N–H and O–H groups in total. The lowest BCUT2D eigenvalue weighted by Crippen LogP contribution is -2.51. The van der Waals surface area contributed by atoms with Crippen LogP contribution in [0.5, 0.6) is 5.75 Å². The summed E-state index contributed by atoms with van der Waals surface area (Å²) in [5.41, 5.74) is 1.95. The van der Waals surface area contributed by atoms with Crippen molar-refractivity contribution < 1.29 is 19.1 Å². The number of nitrogens with one attached hydrogen (secondary N) is 1. The predicted molar refractivity (Wildman–Crippen MR) is 112 cm³/mol. The van der Waals surface area contributed by atoms with Gasteiger partial charge in [0.25, 0.3) is 5.91 Å². The first-order valence-electron chi connectivity index (χ1n) is 10.2. The average Bonchev–Trinajstić information content (AvgIpc) is 2.70. The number of hydrogen-bond acceptors (Lipinski definition) is 4. The quantitative estimate of drug-likeness (QED) is 0.772. The minimum absolute atomic E-state index is 0.0168. The Bertz CT molecular complexity index is 823. The molecule has 1 saturated heterocycles. The monoisotopic (exact) mass is 399 g/mol. The number of fused-ring (bicyclic) bond motifs is 1. The van der Waals surface area contributed by atoms with E-state index < -0.39 is 6.10 Å². The lowest BCUT2D eigenvalue weighted by Gasteiger charge is -2.36. The molecular weight excluding hydrogens is 370 g/mol. The summed E-state index contributed by atoms with van der Waals surface area (Å²) < 4.78 is 5.83. The molecule has 2 aliphatic heterocycles. The van der Waals surface area contributed by atoms with Crippen molar-refractivity contribution in [1.82, 2.24) is 4.90 Å². The number of likely N-dealkylation sites (tertiary alicyclic amines) is 1. The molecular formula is C22H29N3O4. The highest BCUT2D eigenvalue weighted by Gasteiger charge is 2.35. The van der Waals surface area contributed by atoms with Crippen LogP contribution in [0, 0.1) is 0 Å². The molecule has 1 atom stereocenters. The summed E-state index contributed by atoms with van der Waals surface area (Å²) in [7, 11) is 0. The second kappa shape index (κ2) is 9.11. The molecule has 2 heterocycles. The number of carbonyl (C=O) groups is 3. The minimum atomic E-state index is -0.609. The molecule has 2 aliphatic rings. The van der Waals surface area contributed by atoms with Gasteiger partial charge in [0.2, 0.25) is 11.8 Å². The third-order valence-corrected chi connectivity index (χ3v) is 5.12. The molecule has 0 bridgehead atoms. The smallest absolute Gasteiger partial charge is 0.268 e. The number of rotatable bonds is 5. The highest BCUT2D eigenvalue weighted by atomic mass is 16.5. The summed E-state index contributed by atoms with van der Waals surface area (Å²) in [6.07, 6.45) is 4.55. The third-order valence-electron chi connectivity index (χ3n) is 5.12. The Morgan fingerprint density at radius 1 is 1.21 bits per heavy atom. The first-order valence-corrected chi connectivity index (χ1v) is 10.2. The zero-order valence-corrected chi connectivity index (χ0v) is 17.4. The van der Waals surface area contributed by atoms with Crippen LogP contribution >= 0.6 is 0 Å². The van der Waals surface area contributed by atoms with E-state index in [-0.39, 0.29) is 24.3 Å². The Balaban J connectivity index is 1.86. The second-order valence-electron chi connectivity index (χ2n) is 7.77. The molecule has 0 spiro atoms. The van der Waals surface area contributed by atoms with Gasteiger partial charge in [-0.3, -0.25) is 19.3 Å². The molecule has 0 radical (unpaired) electrons. The van der Waals surface area contributed by atoms with Gasteiger partial charge < -0.3 is 15.0 Å². The van der Waals surface area contributed by atoms with Gasteiger partial charge in [0, 0.05) is 24.9 Å². The molecule has 7 heteroatoms. The lowest BCUT2D eigenvalue weighted by molar-refractivity contribution is -0.134. The Morgan fingerprint density at radius 2 is 1.93 bits per heavy atom. The highest BCUT2D eigenvalue weighted by Crippen LogP contribution is 2.37. The van der Waals surface area contributed by atoms with Crippen LogP contribution in [0.1, 0.15) is 46.5 Å². The summed E-state index contributed by atoms with van der Waals surface area (Å²) >= 11 is 0. The fraction of sp³-hybridized carbons (Fsp3) is 0.500. The van der Waals surface area contributed by atoms with Crippen LogP contribution in [0.2, 0.25) is 0 Å². The Kier molecular flexibility index (Phi) is 6.56. The average molecular weight is 399 g/mol. The van der Waals surface area contributed by atoms with E-state index in [4.69, 9.17) is 4.74 Å². The molecule has 1 fully saturated rings. The molecule has 1 aromatic rings. The molecule has 1 unspecified atom stereocenters. The van der Waals surface area contributed by atoms with Crippen molar-refractivity contribution in [2.75, 3.05) is 29.9 Å². The van der Waals surface area contributed by atoms with Gasteiger partial charge in [-0.05, 0) is 57.7 Å². The zero-order valence-electron chi connectivity index (χ0n) is 17.4. The molecule has 0 saturated carbocycles. The maximum atomic E-state index is 12.9. The van der Waals surface area contributed by atoms with E-state index in [1.807, 2.05) is 25.7 Å². The van der Waals surface area contributed by atoms with Crippen LogP contribution in [0.15, 0.2) is 29.8 Å². The largest absolute Gasteiger partial charge is 0.478 e. The van der Waals surface area contributed by atoms with Crippen molar-refractivity contribution in [2.24, 2.45) is 0 Å². The normalized spacial score (nSPS) is 18.6. The van der Waals surface area contributed by atoms with Gasteiger partial charge in [-0.1, -0.05) is 12.5 Å². The number of allylic oxidation sites excluding steroid dienone is 1. The number of ether oxygens (including phenoxy) is 1. The SMILES string of the molecule is CCC1Oc2ccc(NC(=O)C=C(C)C)cc2N(CC(=O)N2CCCCC2)C1=O. The fourth-order valence-electron chi connectivity index (χ4n) is 3.64. The van der Waals surface area contributed by atoms with E-state index in [0.717, 1.165) is 37.9 Å². The zero-order chi connectivity index (χ0) is 21.0. The third kappa shape index (κ3) is 4.96. The van der Waals surface area contributed by atoms with Crippen LogP contribution in [-0.4, -0.2) is 48.4 Å². The topological polar surface area (TPSA) is 79.0 Å². The van der Waals surface area contributed by atoms with Crippen molar-refractivity contribution in [3.05, 3.63) is 29.8 Å². The van der Waals surface area contributed by atoms with Crippen LogP contribution < -0.4 is 15.0 Å². The van der Waals surface area contributed by atoms with Gasteiger partial charge in [-0.25, -0.2) is 0 Å². The first-order chi connectivity index (χ1) is 13.9. The Morgan fingerprint density at radius 3 is 2.59 bits per heavy atom. The van der Waals surface area contributed by atoms with Crippen LogP contribution in [0.25, 0.3) is 0 Å². The maximum absolute atomic E-state index is 12.9. The standard InChI is InChI=1S/C22H29N3O4/c1-4-18-22(28)25(14-21(27)24-10-6-5-7-11-24)17-13-16(8-9-19(17)29-18)23-20(26)12-15(2)3/h8-9,12-13,18H,4-7,10-11,14H2,1-3H3,(H,23,26). The van der Waals surface area contributed by atoms with E-state index in [1.54, 1.807) is 18.2 Å². The molecule has 3 amide bonds. The van der Waals surface area contributed by atoms with Gasteiger partial charge in [0.05, 0.1) is 5.69 Å². The van der Waals surface area contributed by atoms with E-state index in [1.165, 1.54) is 11.0 Å². The Labute approximate surface area is 171 Å². The number of amides is 3. The number of carbonyl (C=O) groups excluding carboxylic acids is 3. The molecule has 156 valence electrons. The molecule has 3 rings (SSSR count). The number of hydrogen-bond donors (Lipinski definition) is 1. The van der Waals surface area contributed by atoms with Crippen molar-refractivity contribution in [2.45, 2.75) is 52.6 Å². The summed E-state index contributed by atoms with van der Waals surface area (Å²) in [5.74, 6) is 0.0244. The summed E-state index contributed by atoms with van der Waals surface area (Å²) in [4.78, 5) is 41.2. The van der Waals surface area contributed by atoms with E-state index in [2.05, 4.69) is 5.32 Å². The molecule has 29 heavy (non-hydrogen) atoms.